The second kappa shape index (κ2) is 19.2. The van der Waals surface area contributed by atoms with Gasteiger partial charge in [-0.1, -0.05) is 0 Å². The number of halogens is 2. The zero-order valence-electron chi connectivity index (χ0n) is 36.7. The van der Waals surface area contributed by atoms with Crippen LogP contribution >= 0.6 is 0 Å². The van der Waals surface area contributed by atoms with Crippen molar-refractivity contribution >= 4 is 69.1 Å². The third-order valence-corrected chi connectivity index (χ3v) is 12.8. The molecule has 346 valence electrons. The van der Waals surface area contributed by atoms with E-state index >= 15 is 4.39 Å². The largest absolute Gasteiger partial charge is 0.495 e. The zero-order valence-corrected chi connectivity index (χ0v) is 36.7. The number of imide groups is 2. The predicted octanol–water partition coefficient (Wildman–Crippen LogP) is 6.11. The fraction of sp³-hybridized carbons (Fsp3) is 0.327. The quantitative estimate of drug-likeness (QED) is 0.0912. The van der Waals surface area contributed by atoms with Gasteiger partial charge in [-0.2, -0.15) is 0 Å². The summed E-state index contributed by atoms with van der Waals surface area (Å²) >= 11 is 0. The standard InChI is InChI=1S/C49H48F2N8O8/c1-66-41-26-35-37(52-18-14-40(35)67-33-8-6-32(7-9-33)54-44(62)28-43(61)53-31-4-2-30(50)3-5-31)27-39(41)57-20-16-29(17-21-57)15-19-56-22-24-58(25-23-56)46-36(51)11-10-34-45(46)49(65)59(48(34)64)38-12-13-42(60)55-47(38)63/h2-11,14,18,26-27,29,38H,12-13,15-17,19-25,28H2,1H3,(H,53,61)(H,54,62)(H,55,60,63). The number of hydrogen-bond donors (Lipinski definition) is 3. The average molecular weight is 915 g/mol. The van der Waals surface area contributed by atoms with Gasteiger partial charge in [-0.15, -0.1) is 0 Å². The molecular formula is C49H48F2N8O8. The molecule has 0 spiro atoms. The summed E-state index contributed by atoms with van der Waals surface area (Å²) in [5.41, 5.74) is 2.67. The molecule has 3 fully saturated rings. The number of hydrogen-bond acceptors (Lipinski definition) is 12. The minimum atomic E-state index is -1.12. The Kier molecular flexibility index (Phi) is 12.8. The van der Waals surface area contributed by atoms with Crippen LogP contribution in [-0.2, 0) is 19.2 Å². The Balaban J connectivity index is 0.759. The molecule has 1 atom stereocenters. The van der Waals surface area contributed by atoms with Crippen LogP contribution in [0.4, 0.5) is 31.5 Å². The summed E-state index contributed by atoms with van der Waals surface area (Å²) in [6.45, 7) is 4.77. The number of benzene rings is 4. The highest BCUT2D eigenvalue weighted by Gasteiger charge is 2.47. The van der Waals surface area contributed by atoms with Crippen LogP contribution in [0.1, 0.15) is 59.2 Å². The van der Waals surface area contributed by atoms with Crippen LogP contribution in [0.5, 0.6) is 17.2 Å². The van der Waals surface area contributed by atoms with Crippen molar-refractivity contribution in [3.8, 4) is 17.2 Å². The number of nitrogens with zero attached hydrogens (tertiary/aromatic N) is 5. The number of aromatic nitrogens is 1. The van der Waals surface area contributed by atoms with Crippen molar-refractivity contribution in [1.29, 1.82) is 0 Å². The molecule has 1 aromatic heterocycles. The monoisotopic (exact) mass is 914 g/mol. The Morgan fingerprint density at radius 2 is 1.46 bits per heavy atom. The molecule has 0 aliphatic carbocycles. The van der Waals surface area contributed by atoms with Gasteiger partial charge in [0, 0.05) is 68.6 Å². The number of methoxy groups -OCH3 is 1. The van der Waals surface area contributed by atoms with Gasteiger partial charge >= 0.3 is 0 Å². The first-order valence-corrected chi connectivity index (χ1v) is 22.3. The summed E-state index contributed by atoms with van der Waals surface area (Å²) in [5.74, 6) is -2.32. The molecule has 5 heterocycles. The molecular weight excluding hydrogens is 867 g/mol. The molecule has 3 saturated heterocycles. The maximum Gasteiger partial charge on any atom is 0.264 e. The third-order valence-electron chi connectivity index (χ3n) is 12.8. The predicted molar refractivity (Wildman–Crippen MR) is 244 cm³/mol. The van der Waals surface area contributed by atoms with Crippen LogP contribution in [0.25, 0.3) is 10.9 Å². The smallest absolute Gasteiger partial charge is 0.264 e. The van der Waals surface area contributed by atoms with Gasteiger partial charge in [-0.3, -0.25) is 48.9 Å². The maximum atomic E-state index is 15.5. The summed E-state index contributed by atoms with van der Waals surface area (Å²) in [6, 6.07) is 19.1. The van der Waals surface area contributed by atoms with Gasteiger partial charge in [0.25, 0.3) is 11.8 Å². The molecule has 9 rings (SSSR count). The summed E-state index contributed by atoms with van der Waals surface area (Å²) in [4.78, 5) is 88.1. The van der Waals surface area contributed by atoms with E-state index < -0.39 is 59.5 Å². The highest BCUT2D eigenvalue weighted by Crippen LogP contribution is 2.40. The maximum absolute atomic E-state index is 15.5. The lowest BCUT2D eigenvalue weighted by atomic mass is 9.92. The number of nitrogens with one attached hydrogen (secondary N) is 3. The molecule has 6 amide bonds. The number of fused-ring (bicyclic) bond motifs is 2. The summed E-state index contributed by atoms with van der Waals surface area (Å²) in [5, 5.41) is 8.22. The Bertz CT molecular complexity index is 2760. The van der Waals surface area contributed by atoms with E-state index in [2.05, 4.69) is 30.7 Å². The molecule has 0 radical (unpaired) electrons. The van der Waals surface area contributed by atoms with Crippen LogP contribution in [-0.4, -0.2) is 109 Å². The molecule has 5 aromatic rings. The van der Waals surface area contributed by atoms with Crippen LogP contribution in [0.2, 0.25) is 0 Å². The van der Waals surface area contributed by atoms with Crippen molar-refractivity contribution in [2.45, 2.75) is 44.6 Å². The highest BCUT2D eigenvalue weighted by molar-refractivity contribution is 6.25. The van der Waals surface area contributed by atoms with Gasteiger partial charge in [-0.25, -0.2) is 8.78 Å². The molecule has 0 bridgehead atoms. The van der Waals surface area contributed by atoms with E-state index in [1.165, 1.54) is 36.4 Å². The Morgan fingerprint density at radius 3 is 2.13 bits per heavy atom. The van der Waals surface area contributed by atoms with Gasteiger partial charge in [-0.05, 0) is 117 Å². The number of carbonyl (C=O) groups is 6. The van der Waals surface area contributed by atoms with Crippen LogP contribution in [0, 0.1) is 17.6 Å². The van der Waals surface area contributed by atoms with E-state index in [9.17, 15) is 33.2 Å². The minimum absolute atomic E-state index is 0.00326. The Morgan fingerprint density at radius 1 is 0.776 bits per heavy atom. The lowest BCUT2D eigenvalue weighted by Crippen LogP contribution is -2.54. The van der Waals surface area contributed by atoms with Gasteiger partial charge in [0.15, 0.2) is 0 Å². The van der Waals surface area contributed by atoms with Crippen molar-refractivity contribution < 1.29 is 47.0 Å². The first-order valence-electron chi connectivity index (χ1n) is 22.3. The second-order valence-corrected chi connectivity index (χ2v) is 17.1. The summed E-state index contributed by atoms with van der Waals surface area (Å²) in [7, 11) is 1.64. The number of anilines is 4. The number of piperazine rings is 1. The fourth-order valence-electron chi connectivity index (χ4n) is 9.31. The number of piperidine rings is 2. The Hall–Kier alpha value is -7.47. The number of rotatable bonds is 13. The second-order valence-electron chi connectivity index (χ2n) is 17.1. The average Bonchev–Trinajstić information content (AvgIpc) is 3.57. The minimum Gasteiger partial charge on any atom is -0.495 e. The van der Waals surface area contributed by atoms with E-state index in [0.29, 0.717) is 60.7 Å². The van der Waals surface area contributed by atoms with E-state index in [1.807, 2.05) is 17.0 Å². The van der Waals surface area contributed by atoms with Gasteiger partial charge in [0.1, 0.15) is 41.3 Å². The van der Waals surface area contributed by atoms with Gasteiger partial charge in [0.05, 0.1) is 35.1 Å². The molecule has 18 heteroatoms. The SMILES string of the molecule is COc1cc2c(Oc3ccc(NC(=O)CC(=O)Nc4ccc(F)cc4)cc3)ccnc2cc1N1CCC(CCN2CCN(c3c(F)ccc4c3C(=O)N(C3CCC(=O)NC3=O)C4=O)CC2)CC1. The number of pyridine rings is 1. The first-order chi connectivity index (χ1) is 32.4. The molecule has 3 N–H and O–H groups in total. The number of carbonyl (C=O) groups excluding carboxylic acids is 6. The number of amides is 6. The third kappa shape index (κ3) is 9.61. The molecule has 4 aromatic carbocycles. The van der Waals surface area contributed by atoms with Crippen LogP contribution < -0.4 is 35.2 Å². The zero-order chi connectivity index (χ0) is 46.8. The first kappa shape index (κ1) is 44.7. The summed E-state index contributed by atoms with van der Waals surface area (Å²) in [6.07, 6.45) is 4.27. The summed E-state index contributed by atoms with van der Waals surface area (Å²) < 4.78 is 40.8. The Labute approximate surface area is 384 Å². The van der Waals surface area contributed by atoms with Crippen molar-refractivity contribution in [1.82, 2.24) is 20.1 Å². The van der Waals surface area contributed by atoms with Gasteiger partial charge < -0.3 is 29.9 Å². The van der Waals surface area contributed by atoms with Crippen molar-refractivity contribution in [2.24, 2.45) is 5.92 Å². The van der Waals surface area contributed by atoms with E-state index in [4.69, 9.17) is 9.47 Å². The van der Waals surface area contributed by atoms with Crippen molar-refractivity contribution in [3.05, 3.63) is 108 Å². The number of ether oxygens (including phenoxy) is 2. The van der Waals surface area contributed by atoms with E-state index in [-0.39, 0.29) is 29.7 Å². The lowest BCUT2D eigenvalue weighted by molar-refractivity contribution is -0.136. The highest BCUT2D eigenvalue weighted by atomic mass is 19.1. The van der Waals surface area contributed by atoms with Crippen molar-refractivity contribution in [3.63, 3.8) is 0 Å². The van der Waals surface area contributed by atoms with Crippen LogP contribution in [0.15, 0.2) is 85.1 Å². The normalized spacial score (nSPS) is 18.0. The topological polar surface area (TPSA) is 183 Å². The van der Waals surface area contributed by atoms with Crippen LogP contribution in [0.3, 0.4) is 0 Å². The fourth-order valence-corrected chi connectivity index (χ4v) is 9.31. The molecule has 4 aliphatic rings. The molecule has 16 nitrogen and oxygen atoms in total. The molecule has 0 saturated carbocycles. The lowest BCUT2D eigenvalue weighted by Gasteiger charge is -2.38. The van der Waals surface area contributed by atoms with Gasteiger partial charge in [0.2, 0.25) is 23.6 Å². The molecule has 4 aliphatic heterocycles. The molecule has 1 unspecified atom stereocenters. The van der Waals surface area contributed by atoms with E-state index in [0.717, 1.165) is 60.4 Å². The van der Waals surface area contributed by atoms with Crippen molar-refractivity contribution in [2.75, 3.05) is 73.4 Å². The van der Waals surface area contributed by atoms with E-state index in [1.54, 1.807) is 43.6 Å². The molecule has 67 heavy (non-hydrogen) atoms.